The molecule has 29 heavy (non-hydrogen) atoms. The highest BCUT2D eigenvalue weighted by atomic mass is 16.4. The molecule has 0 bridgehead atoms. The van der Waals surface area contributed by atoms with Gasteiger partial charge in [0.1, 0.15) is 5.84 Å². The predicted octanol–water partition coefficient (Wildman–Crippen LogP) is 3.61. The number of benzene rings is 2. The summed E-state index contributed by atoms with van der Waals surface area (Å²) >= 11 is 0. The van der Waals surface area contributed by atoms with Crippen LogP contribution in [0.2, 0.25) is 0 Å². The Balaban J connectivity index is 1.86. The molecule has 0 fully saturated rings. The zero-order chi connectivity index (χ0) is 21.0. The Morgan fingerprint density at radius 2 is 1.83 bits per heavy atom. The van der Waals surface area contributed by atoms with Crippen LogP contribution < -0.4 is 10.6 Å². The van der Waals surface area contributed by atoms with Gasteiger partial charge in [-0.15, -0.1) is 0 Å². The lowest BCUT2D eigenvalue weighted by Crippen LogP contribution is -2.32. The summed E-state index contributed by atoms with van der Waals surface area (Å²) in [4.78, 5) is 26.0. The SMILES string of the molecule is CCCN(C(=O)c1ccc(C(=N)N)cc1)c1ccc2c(c1)CC(CC(=O)O)CC2. The highest BCUT2D eigenvalue weighted by Crippen LogP contribution is 2.31. The van der Waals surface area contributed by atoms with Gasteiger partial charge in [-0.3, -0.25) is 15.0 Å². The van der Waals surface area contributed by atoms with Gasteiger partial charge in [0.05, 0.1) is 0 Å². The monoisotopic (exact) mass is 393 g/mol. The summed E-state index contributed by atoms with van der Waals surface area (Å²) in [7, 11) is 0. The van der Waals surface area contributed by atoms with Crippen LogP contribution in [0.3, 0.4) is 0 Å². The lowest BCUT2D eigenvalue weighted by Gasteiger charge is -2.27. The average Bonchev–Trinajstić information content (AvgIpc) is 2.70. The molecular weight excluding hydrogens is 366 g/mol. The van der Waals surface area contributed by atoms with Crippen LogP contribution in [0.15, 0.2) is 42.5 Å². The number of aliphatic carboxylic acids is 1. The normalized spacial score (nSPS) is 15.4. The van der Waals surface area contributed by atoms with E-state index in [-0.39, 0.29) is 24.1 Å². The number of nitrogens with one attached hydrogen (secondary N) is 1. The Morgan fingerprint density at radius 3 is 2.45 bits per heavy atom. The van der Waals surface area contributed by atoms with Crippen molar-refractivity contribution in [3.8, 4) is 0 Å². The third kappa shape index (κ3) is 4.83. The number of aryl methyl sites for hydroxylation is 1. The number of carboxylic acid groups (broad SMARTS) is 1. The molecule has 0 saturated heterocycles. The molecule has 2 aromatic carbocycles. The van der Waals surface area contributed by atoms with Crippen molar-refractivity contribution in [2.75, 3.05) is 11.4 Å². The molecule has 1 aliphatic rings. The van der Waals surface area contributed by atoms with Gasteiger partial charge in [-0.05, 0) is 67.0 Å². The first-order chi connectivity index (χ1) is 13.9. The highest BCUT2D eigenvalue weighted by Gasteiger charge is 2.23. The number of carboxylic acids is 1. The van der Waals surface area contributed by atoms with E-state index in [4.69, 9.17) is 16.2 Å². The molecule has 0 aliphatic heterocycles. The van der Waals surface area contributed by atoms with E-state index in [0.717, 1.165) is 36.9 Å². The smallest absolute Gasteiger partial charge is 0.303 e. The maximum atomic E-state index is 13.2. The summed E-state index contributed by atoms with van der Waals surface area (Å²) in [6.07, 6.45) is 3.50. The van der Waals surface area contributed by atoms with E-state index in [2.05, 4.69) is 6.07 Å². The van der Waals surface area contributed by atoms with E-state index in [1.165, 1.54) is 5.56 Å². The molecule has 1 unspecified atom stereocenters. The van der Waals surface area contributed by atoms with Gasteiger partial charge >= 0.3 is 5.97 Å². The Kier molecular flexibility index (Phi) is 6.32. The molecule has 0 saturated carbocycles. The van der Waals surface area contributed by atoms with Crippen LogP contribution in [-0.4, -0.2) is 29.4 Å². The van der Waals surface area contributed by atoms with Crippen molar-refractivity contribution >= 4 is 23.4 Å². The molecule has 152 valence electrons. The number of nitrogen functional groups attached to an aromatic ring is 1. The van der Waals surface area contributed by atoms with Crippen molar-refractivity contribution in [2.45, 2.75) is 39.0 Å². The number of hydrogen-bond acceptors (Lipinski definition) is 3. The molecule has 0 radical (unpaired) electrons. The standard InChI is InChI=1S/C23H27N3O3/c1-2-11-26(23(29)18-7-5-17(6-8-18)22(24)25)20-10-9-16-4-3-15(13-21(27)28)12-19(16)14-20/h5-10,14-15H,2-4,11-13H2,1H3,(H3,24,25)(H,27,28). The number of carbonyl (C=O) groups excluding carboxylic acids is 1. The van der Waals surface area contributed by atoms with Crippen molar-refractivity contribution in [2.24, 2.45) is 11.7 Å². The number of nitrogens with zero attached hydrogens (tertiary/aromatic N) is 1. The molecule has 0 spiro atoms. The van der Waals surface area contributed by atoms with Crippen LogP contribution in [0, 0.1) is 11.3 Å². The van der Waals surface area contributed by atoms with Crippen molar-refractivity contribution in [1.82, 2.24) is 0 Å². The molecular formula is C23H27N3O3. The number of hydrogen-bond donors (Lipinski definition) is 3. The molecule has 2 aromatic rings. The highest BCUT2D eigenvalue weighted by molar-refractivity contribution is 6.06. The molecule has 6 nitrogen and oxygen atoms in total. The van der Waals surface area contributed by atoms with Gasteiger partial charge in [0, 0.05) is 29.8 Å². The summed E-state index contributed by atoms with van der Waals surface area (Å²) in [5.41, 5.74) is 9.84. The number of fused-ring (bicyclic) bond motifs is 1. The predicted molar refractivity (Wildman–Crippen MR) is 114 cm³/mol. The zero-order valence-electron chi connectivity index (χ0n) is 16.6. The second-order valence-corrected chi connectivity index (χ2v) is 7.61. The molecule has 3 rings (SSSR count). The quantitative estimate of drug-likeness (QED) is 0.493. The summed E-state index contributed by atoms with van der Waals surface area (Å²) in [5, 5.41) is 16.6. The zero-order valence-corrected chi connectivity index (χ0v) is 16.6. The van der Waals surface area contributed by atoms with E-state index in [9.17, 15) is 9.59 Å². The molecule has 0 aromatic heterocycles. The minimum Gasteiger partial charge on any atom is -0.481 e. The van der Waals surface area contributed by atoms with Crippen LogP contribution in [0.5, 0.6) is 0 Å². The Morgan fingerprint density at radius 1 is 1.14 bits per heavy atom. The fraction of sp³-hybridized carbons (Fsp3) is 0.348. The number of nitrogens with two attached hydrogens (primary N) is 1. The van der Waals surface area contributed by atoms with Gasteiger partial charge in [-0.25, -0.2) is 0 Å². The summed E-state index contributed by atoms with van der Waals surface area (Å²) < 4.78 is 0. The Hall–Kier alpha value is -3.15. The summed E-state index contributed by atoms with van der Waals surface area (Å²) in [6.45, 7) is 2.62. The van der Waals surface area contributed by atoms with Crippen LogP contribution in [-0.2, 0) is 17.6 Å². The number of rotatable bonds is 7. The molecule has 1 amide bonds. The van der Waals surface area contributed by atoms with Crippen LogP contribution in [0.4, 0.5) is 5.69 Å². The largest absolute Gasteiger partial charge is 0.481 e. The van der Waals surface area contributed by atoms with Crippen LogP contribution >= 0.6 is 0 Å². The van der Waals surface area contributed by atoms with E-state index in [1.54, 1.807) is 29.2 Å². The van der Waals surface area contributed by atoms with Gasteiger partial charge in [0.25, 0.3) is 5.91 Å². The number of amidine groups is 1. The fourth-order valence-corrected chi connectivity index (χ4v) is 3.93. The third-order valence-corrected chi connectivity index (χ3v) is 5.43. The van der Waals surface area contributed by atoms with E-state index >= 15 is 0 Å². The lowest BCUT2D eigenvalue weighted by atomic mass is 9.82. The van der Waals surface area contributed by atoms with Crippen molar-refractivity contribution in [1.29, 1.82) is 5.41 Å². The molecule has 6 heteroatoms. The molecule has 1 atom stereocenters. The summed E-state index contributed by atoms with van der Waals surface area (Å²) in [6, 6.07) is 12.9. The topological polar surface area (TPSA) is 107 Å². The molecule has 4 N–H and O–H groups in total. The van der Waals surface area contributed by atoms with E-state index in [1.807, 2.05) is 19.1 Å². The van der Waals surface area contributed by atoms with Gasteiger partial charge in [-0.2, -0.15) is 0 Å². The molecule has 0 heterocycles. The average molecular weight is 393 g/mol. The fourth-order valence-electron chi connectivity index (χ4n) is 3.93. The van der Waals surface area contributed by atoms with Gasteiger partial charge < -0.3 is 15.7 Å². The number of carbonyl (C=O) groups is 2. The minimum atomic E-state index is -0.758. The summed E-state index contributed by atoms with van der Waals surface area (Å²) in [5.74, 6) is -0.740. The van der Waals surface area contributed by atoms with Gasteiger partial charge in [-0.1, -0.05) is 25.1 Å². The first-order valence-corrected chi connectivity index (χ1v) is 9.99. The maximum Gasteiger partial charge on any atom is 0.303 e. The Labute approximate surface area is 170 Å². The third-order valence-electron chi connectivity index (χ3n) is 5.43. The maximum absolute atomic E-state index is 13.2. The Bertz CT molecular complexity index is 921. The second-order valence-electron chi connectivity index (χ2n) is 7.61. The van der Waals surface area contributed by atoms with Crippen LogP contribution in [0.1, 0.15) is 53.2 Å². The number of amides is 1. The van der Waals surface area contributed by atoms with Crippen molar-refractivity contribution < 1.29 is 14.7 Å². The van der Waals surface area contributed by atoms with E-state index in [0.29, 0.717) is 17.7 Å². The van der Waals surface area contributed by atoms with Crippen molar-refractivity contribution in [3.63, 3.8) is 0 Å². The van der Waals surface area contributed by atoms with Gasteiger partial charge in [0.15, 0.2) is 0 Å². The van der Waals surface area contributed by atoms with E-state index < -0.39 is 5.97 Å². The minimum absolute atomic E-state index is 0.0278. The van der Waals surface area contributed by atoms with Crippen LogP contribution in [0.25, 0.3) is 0 Å². The van der Waals surface area contributed by atoms with Crippen molar-refractivity contribution in [3.05, 3.63) is 64.7 Å². The first-order valence-electron chi connectivity index (χ1n) is 9.99. The van der Waals surface area contributed by atoms with Gasteiger partial charge in [0.2, 0.25) is 0 Å². The molecule has 1 aliphatic carbocycles. The first kappa shape index (κ1) is 20.6. The second kappa shape index (κ2) is 8.90. The lowest BCUT2D eigenvalue weighted by molar-refractivity contribution is -0.138. The number of anilines is 1.